The first-order valence-electron chi connectivity index (χ1n) is 10.1. The van der Waals surface area contributed by atoms with E-state index < -0.39 is 0 Å². The molecule has 6 nitrogen and oxygen atoms in total. The predicted octanol–water partition coefficient (Wildman–Crippen LogP) is 3.78. The number of hydrogen-bond donors (Lipinski definition) is 0. The van der Waals surface area contributed by atoms with Crippen molar-refractivity contribution in [3.05, 3.63) is 63.9 Å². The molecule has 1 fully saturated rings. The van der Waals surface area contributed by atoms with Crippen molar-refractivity contribution in [3.63, 3.8) is 0 Å². The summed E-state index contributed by atoms with van der Waals surface area (Å²) in [4.78, 5) is 15.0. The second-order valence-electron chi connectivity index (χ2n) is 7.68. The monoisotopic (exact) mass is 403 g/mol. The number of hydrogen-bond acceptors (Lipinski definition) is 5. The lowest BCUT2D eigenvalue weighted by atomic mass is 10.0. The van der Waals surface area contributed by atoms with Crippen molar-refractivity contribution >= 4 is 16.6 Å². The van der Waals surface area contributed by atoms with Crippen LogP contribution in [-0.2, 0) is 7.05 Å². The summed E-state index contributed by atoms with van der Waals surface area (Å²) in [6, 6.07) is 15.8. The van der Waals surface area contributed by atoms with Gasteiger partial charge in [-0.25, -0.2) is 0 Å². The van der Waals surface area contributed by atoms with E-state index in [1.165, 1.54) is 0 Å². The number of benzene rings is 2. The summed E-state index contributed by atoms with van der Waals surface area (Å²) in [7, 11) is 3.36. The molecule has 0 aliphatic carbocycles. The van der Waals surface area contributed by atoms with Gasteiger partial charge in [0.05, 0.1) is 18.3 Å². The van der Waals surface area contributed by atoms with Gasteiger partial charge in [-0.05, 0) is 31.2 Å². The van der Waals surface area contributed by atoms with Gasteiger partial charge in [-0.15, -0.1) is 0 Å². The zero-order valence-corrected chi connectivity index (χ0v) is 17.5. The second kappa shape index (κ2) is 8.11. The highest BCUT2D eigenvalue weighted by Crippen LogP contribution is 2.33. The Balaban J connectivity index is 1.64. The average Bonchev–Trinajstić information content (AvgIpc) is 2.77. The van der Waals surface area contributed by atoms with Crippen LogP contribution in [0, 0.1) is 18.3 Å². The number of anilines is 1. The fourth-order valence-electron chi connectivity index (χ4n) is 4.17. The molecule has 1 aliphatic rings. The molecule has 0 unspecified atom stereocenters. The van der Waals surface area contributed by atoms with Gasteiger partial charge in [0.25, 0.3) is 5.56 Å². The van der Waals surface area contributed by atoms with Gasteiger partial charge in [0, 0.05) is 38.4 Å². The number of para-hydroxylation sites is 2. The molecule has 0 radical (unpaired) electrons. The SMILES string of the molecule is COc1ccccc1OC1CCN(c2c(C#N)c(=O)n(C)c3ccc(C)cc23)CC1. The normalized spacial score (nSPS) is 14.5. The third-order valence-electron chi connectivity index (χ3n) is 5.76. The number of nitrogens with zero attached hydrogens (tertiary/aromatic N) is 3. The molecule has 0 bridgehead atoms. The second-order valence-corrected chi connectivity index (χ2v) is 7.68. The summed E-state index contributed by atoms with van der Waals surface area (Å²) in [6.07, 6.45) is 1.65. The lowest BCUT2D eigenvalue weighted by Crippen LogP contribution is -2.40. The standard InChI is InChI=1S/C24H25N3O3/c1-16-8-9-20-18(14-16)23(19(15-25)24(28)26(20)2)27-12-10-17(11-13-27)30-22-7-5-4-6-21(22)29-3/h4-9,14,17H,10-13H2,1-3H3. The van der Waals surface area contributed by atoms with Crippen molar-refractivity contribution in [2.24, 2.45) is 7.05 Å². The Morgan fingerprint density at radius 2 is 1.80 bits per heavy atom. The Morgan fingerprint density at radius 3 is 2.47 bits per heavy atom. The van der Waals surface area contributed by atoms with Crippen LogP contribution in [0.5, 0.6) is 11.5 Å². The first-order valence-corrected chi connectivity index (χ1v) is 10.1. The Morgan fingerprint density at radius 1 is 1.10 bits per heavy atom. The molecule has 0 spiro atoms. The van der Waals surface area contributed by atoms with E-state index in [0.717, 1.165) is 46.5 Å². The van der Waals surface area contributed by atoms with Gasteiger partial charge in [0.15, 0.2) is 11.5 Å². The van der Waals surface area contributed by atoms with Crippen molar-refractivity contribution in [1.82, 2.24) is 4.57 Å². The number of aromatic nitrogens is 1. The highest BCUT2D eigenvalue weighted by molar-refractivity contribution is 5.95. The summed E-state index contributed by atoms with van der Waals surface area (Å²) < 4.78 is 13.1. The molecular formula is C24H25N3O3. The zero-order valence-electron chi connectivity index (χ0n) is 17.5. The smallest absolute Gasteiger partial charge is 0.270 e. The van der Waals surface area contributed by atoms with E-state index in [1.54, 1.807) is 18.7 Å². The van der Waals surface area contributed by atoms with E-state index in [2.05, 4.69) is 17.0 Å². The Labute approximate surface area is 175 Å². The van der Waals surface area contributed by atoms with E-state index in [-0.39, 0.29) is 17.2 Å². The fourth-order valence-corrected chi connectivity index (χ4v) is 4.17. The summed E-state index contributed by atoms with van der Waals surface area (Å²) in [5, 5.41) is 10.7. The number of aryl methyl sites for hydroxylation is 2. The molecule has 1 saturated heterocycles. The summed E-state index contributed by atoms with van der Waals surface area (Å²) in [5.41, 5.74) is 2.64. The molecule has 2 heterocycles. The molecule has 0 atom stereocenters. The van der Waals surface area contributed by atoms with Crippen molar-refractivity contribution in [2.75, 3.05) is 25.1 Å². The molecule has 1 aromatic heterocycles. The Hall–Kier alpha value is -3.46. The highest BCUT2D eigenvalue weighted by atomic mass is 16.5. The van der Waals surface area contributed by atoms with Crippen LogP contribution < -0.4 is 19.9 Å². The van der Waals surface area contributed by atoms with Gasteiger partial charge < -0.3 is 18.9 Å². The molecule has 3 aromatic rings. The van der Waals surface area contributed by atoms with Crippen LogP contribution in [0.25, 0.3) is 10.9 Å². The lowest BCUT2D eigenvalue weighted by molar-refractivity contribution is 0.164. The summed E-state index contributed by atoms with van der Waals surface area (Å²) in [5.74, 6) is 1.46. The van der Waals surface area contributed by atoms with Crippen LogP contribution in [0.2, 0.25) is 0 Å². The molecule has 6 heteroatoms. The van der Waals surface area contributed by atoms with Crippen LogP contribution in [-0.4, -0.2) is 30.9 Å². The minimum absolute atomic E-state index is 0.0580. The molecule has 1 aliphatic heterocycles. The Kier molecular flexibility index (Phi) is 5.37. The minimum atomic E-state index is -0.253. The first kappa shape index (κ1) is 19.8. The summed E-state index contributed by atoms with van der Waals surface area (Å²) >= 11 is 0. The largest absolute Gasteiger partial charge is 0.493 e. The van der Waals surface area contributed by atoms with Gasteiger partial charge in [-0.3, -0.25) is 4.79 Å². The van der Waals surface area contributed by atoms with Crippen LogP contribution in [0.3, 0.4) is 0 Å². The van der Waals surface area contributed by atoms with Crippen LogP contribution >= 0.6 is 0 Å². The topological polar surface area (TPSA) is 67.5 Å². The third kappa shape index (κ3) is 3.48. The number of pyridine rings is 1. The van der Waals surface area contributed by atoms with Gasteiger partial charge >= 0.3 is 0 Å². The molecule has 30 heavy (non-hydrogen) atoms. The average molecular weight is 403 g/mol. The van der Waals surface area contributed by atoms with Crippen molar-refractivity contribution in [3.8, 4) is 17.6 Å². The maximum atomic E-state index is 12.8. The highest BCUT2D eigenvalue weighted by Gasteiger charge is 2.26. The van der Waals surface area contributed by atoms with Crippen LogP contribution in [0.4, 0.5) is 5.69 Å². The van der Waals surface area contributed by atoms with Crippen molar-refractivity contribution in [1.29, 1.82) is 5.26 Å². The molecule has 0 N–H and O–H groups in total. The number of ether oxygens (including phenoxy) is 2. The number of piperidine rings is 1. The summed E-state index contributed by atoms with van der Waals surface area (Å²) in [6.45, 7) is 3.45. The molecule has 4 rings (SSSR count). The van der Waals surface area contributed by atoms with Crippen molar-refractivity contribution < 1.29 is 9.47 Å². The van der Waals surface area contributed by atoms with Gasteiger partial charge in [-0.1, -0.05) is 23.8 Å². The number of methoxy groups -OCH3 is 1. The molecule has 0 saturated carbocycles. The van der Waals surface area contributed by atoms with E-state index in [4.69, 9.17) is 9.47 Å². The molecule has 0 amide bonds. The molecular weight excluding hydrogens is 378 g/mol. The van der Waals surface area contributed by atoms with Gasteiger partial charge in [0.2, 0.25) is 0 Å². The quantitative estimate of drug-likeness (QED) is 0.663. The van der Waals surface area contributed by atoms with E-state index in [9.17, 15) is 10.1 Å². The van der Waals surface area contributed by atoms with Gasteiger partial charge in [0.1, 0.15) is 17.7 Å². The zero-order chi connectivity index (χ0) is 21.3. The number of fused-ring (bicyclic) bond motifs is 1. The van der Waals surface area contributed by atoms with E-state index in [0.29, 0.717) is 13.1 Å². The molecule has 154 valence electrons. The first-order chi connectivity index (χ1) is 14.5. The van der Waals surface area contributed by atoms with Crippen LogP contribution in [0.15, 0.2) is 47.3 Å². The number of nitriles is 1. The van der Waals surface area contributed by atoms with Gasteiger partial charge in [-0.2, -0.15) is 5.26 Å². The fraction of sp³-hybridized carbons (Fsp3) is 0.333. The van der Waals surface area contributed by atoms with E-state index >= 15 is 0 Å². The minimum Gasteiger partial charge on any atom is -0.493 e. The predicted molar refractivity (Wildman–Crippen MR) is 117 cm³/mol. The molecule has 2 aromatic carbocycles. The maximum absolute atomic E-state index is 12.8. The Bertz CT molecular complexity index is 1180. The lowest BCUT2D eigenvalue weighted by Gasteiger charge is -2.35. The maximum Gasteiger partial charge on any atom is 0.270 e. The van der Waals surface area contributed by atoms with Crippen molar-refractivity contribution in [2.45, 2.75) is 25.9 Å². The van der Waals surface area contributed by atoms with E-state index in [1.807, 2.05) is 43.3 Å². The third-order valence-corrected chi connectivity index (χ3v) is 5.76. The van der Waals surface area contributed by atoms with Crippen LogP contribution in [0.1, 0.15) is 24.0 Å². The number of rotatable bonds is 4.